The predicted molar refractivity (Wildman–Crippen MR) is 73.0 cm³/mol. The van der Waals surface area contributed by atoms with Crippen molar-refractivity contribution >= 4 is 10.8 Å². The molecule has 0 saturated heterocycles. The molecule has 0 unspecified atom stereocenters. The first kappa shape index (κ1) is 10.8. The number of rotatable bonds is 2. The Bertz CT molecular complexity index is 551. The quantitative estimate of drug-likeness (QED) is 0.831. The molecule has 2 aromatic carbocycles. The highest BCUT2D eigenvalue weighted by Crippen LogP contribution is 2.64. The predicted octanol–water partition coefficient (Wildman–Crippen LogP) is 3.54. The minimum absolute atomic E-state index is 0.360. The minimum Gasteiger partial charge on any atom is -0.330 e. The van der Waals surface area contributed by atoms with Gasteiger partial charge in [-0.05, 0) is 40.1 Å². The summed E-state index contributed by atoms with van der Waals surface area (Å²) in [5.41, 5.74) is 7.72. The third-order valence-corrected chi connectivity index (χ3v) is 4.46. The number of benzene rings is 2. The summed E-state index contributed by atoms with van der Waals surface area (Å²) < 4.78 is 0. The Hall–Kier alpha value is -1.34. The Morgan fingerprint density at radius 3 is 2.47 bits per heavy atom. The molecule has 1 nitrogen and oxygen atoms in total. The average molecular weight is 225 g/mol. The maximum Gasteiger partial charge on any atom is -0.00375 e. The maximum absolute atomic E-state index is 5.88. The molecule has 0 radical (unpaired) electrons. The van der Waals surface area contributed by atoms with Crippen LogP contribution in [-0.2, 0) is 0 Å². The molecule has 1 aliphatic carbocycles. The molecule has 1 aliphatic rings. The van der Waals surface area contributed by atoms with E-state index in [2.05, 4.69) is 56.3 Å². The smallest absolute Gasteiger partial charge is 0.00375 e. The van der Waals surface area contributed by atoms with Gasteiger partial charge in [0.05, 0.1) is 0 Å². The Balaban J connectivity index is 2.14. The van der Waals surface area contributed by atoms with E-state index in [0.717, 1.165) is 6.54 Å². The number of nitrogens with two attached hydrogens (primary N) is 1. The Morgan fingerprint density at radius 1 is 1.06 bits per heavy atom. The summed E-state index contributed by atoms with van der Waals surface area (Å²) in [5.74, 6) is 1.26. The van der Waals surface area contributed by atoms with E-state index in [0.29, 0.717) is 17.3 Å². The third-order valence-electron chi connectivity index (χ3n) is 4.46. The fourth-order valence-corrected chi connectivity index (χ4v) is 3.32. The van der Waals surface area contributed by atoms with Gasteiger partial charge in [0.2, 0.25) is 0 Å². The summed E-state index contributed by atoms with van der Waals surface area (Å²) in [6.45, 7) is 5.45. The van der Waals surface area contributed by atoms with Gasteiger partial charge in [0, 0.05) is 0 Å². The molecule has 0 bridgehead atoms. The maximum atomic E-state index is 5.88. The van der Waals surface area contributed by atoms with Crippen LogP contribution in [0.4, 0.5) is 0 Å². The van der Waals surface area contributed by atoms with Gasteiger partial charge >= 0.3 is 0 Å². The minimum atomic E-state index is 0.360. The van der Waals surface area contributed by atoms with E-state index < -0.39 is 0 Å². The van der Waals surface area contributed by atoms with Gasteiger partial charge in [0.1, 0.15) is 0 Å². The molecule has 0 heterocycles. The summed E-state index contributed by atoms with van der Waals surface area (Å²) in [5, 5.41) is 2.73. The standard InChI is InChI=1S/C16H19N/c1-16(2)14(10-17)15(16)13-9-5-7-11-6-3-4-8-12(11)13/h3-9,14-15H,10,17H2,1-2H3/t14-,15-/m0/s1. The van der Waals surface area contributed by atoms with Crippen molar-refractivity contribution in [3.63, 3.8) is 0 Å². The highest BCUT2D eigenvalue weighted by Gasteiger charge is 2.57. The molecule has 2 N–H and O–H groups in total. The SMILES string of the molecule is CC1(C)[C@@H](CN)[C@@H]1c1cccc2ccccc12. The lowest BCUT2D eigenvalue weighted by atomic mass is 9.97. The van der Waals surface area contributed by atoms with Crippen molar-refractivity contribution in [1.82, 2.24) is 0 Å². The van der Waals surface area contributed by atoms with Crippen LogP contribution in [0.2, 0.25) is 0 Å². The van der Waals surface area contributed by atoms with Crippen LogP contribution in [0.15, 0.2) is 42.5 Å². The molecule has 1 heteroatoms. The first-order chi connectivity index (χ1) is 8.16. The van der Waals surface area contributed by atoms with Crippen molar-refractivity contribution in [2.24, 2.45) is 17.1 Å². The molecule has 0 aromatic heterocycles. The van der Waals surface area contributed by atoms with Crippen molar-refractivity contribution < 1.29 is 0 Å². The fraction of sp³-hybridized carbons (Fsp3) is 0.375. The summed E-state index contributed by atoms with van der Waals surface area (Å²) in [7, 11) is 0. The average Bonchev–Trinajstić information content (AvgIpc) is 2.90. The zero-order valence-corrected chi connectivity index (χ0v) is 10.5. The van der Waals surface area contributed by atoms with E-state index in [1.165, 1.54) is 16.3 Å². The van der Waals surface area contributed by atoms with Gasteiger partial charge in [0.25, 0.3) is 0 Å². The van der Waals surface area contributed by atoms with Crippen LogP contribution < -0.4 is 5.73 Å². The van der Waals surface area contributed by atoms with Crippen molar-refractivity contribution in [1.29, 1.82) is 0 Å². The second-order valence-corrected chi connectivity index (χ2v) is 5.71. The molecular weight excluding hydrogens is 206 g/mol. The van der Waals surface area contributed by atoms with Gasteiger partial charge in [-0.2, -0.15) is 0 Å². The third kappa shape index (κ3) is 1.49. The van der Waals surface area contributed by atoms with Gasteiger partial charge in [-0.15, -0.1) is 0 Å². The molecule has 88 valence electrons. The molecule has 1 fully saturated rings. The van der Waals surface area contributed by atoms with Crippen LogP contribution in [0.1, 0.15) is 25.3 Å². The van der Waals surface area contributed by atoms with Gasteiger partial charge in [0.15, 0.2) is 0 Å². The Labute approximate surface area is 103 Å². The van der Waals surface area contributed by atoms with E-state index in [4.69, 9.17) is 5.73 Å². The van der Waals surface area contributed by atoms with E-state index >= 15 is 0 Å². The van der Waals surface area contributed by atoms with Crippen LogP contribution >= 0.6 is 0 Å². The number of hydrogen-bond donors (Lipinski definition) is 1. The van der Waals surface area contributed by atoms with Crippen LogP contribution in [-0.4, -0.2) is 6.54 Å². The topological polar surface area (TPSA) is 26.0 Å². The van der Waals surface area contributed by atoms with Crippen molar-refractivity contribution in [2.75, 3.05) is 6.54 Å². The second kappa shape index (κ2) is 3.58. The Kier molecular flexibility index (Phi) is 2.27. The summed E-state index contributed by atoms with van der Waals surface area (Å²) >= 11 is 0. The van der Waals surface area contributed by atoms with Crippen LogP contribution in [0.3, 0.4) is 0 Å². The lowest BCUT2D eigenvalue weighted by molar-refractivity contribution is 0.559. The highest BCUT2D eigenvalue weighted by atomic mass is 14.7. The van der Waals surface area contributed by atoms with Crippen LogP contribution in [0, 0.1) is 11.3 Å². The van der Waals surface area contributed by atoms with Gasteiger partial charge in [-0.1, -0.05) is 56.3 Å². The molecule has 17 heavy (non-hydrogen) atoms. The zero-order chi connectivity index (χ0) is 12.0. The van der Waals surface area contributed by atoms with E-state index in [-0.39, 0.29) is 0 Å². The lowest BCUT2D eigenvalue weighted by Crippen LogP contribution is -2.05. The number of hydrogen-bond acceptors (Lipinski definition) is 1. The first-order valence-corrected chi connectivity index (χ1v) is 6.34. The van der Waals surface area contributed by atoms with E-state index in [9.17, 15) is 0 Å². The molecule has 3 rings (SSSR count). The van der Waals surface area contributed by atoms with Crippen molar-refractivity contribution in [3.8, 4) is 0 Å². The monoisotopic (exact) mass is 225 g/mol. The van der Waals surface area contributed by atoms with Crippen molar-refractivity contribution in [2.45, 2.75) is 19.8 Å². The van der Waals surface area contributed by atoms with Crippen LogP contribution in [0.5, 0.6) is 0 Å². The largest absolute Gasteiger partial charge is 0.330 e. The summed E-state index contributed by atoms with van der Waals surface area (Å²) in [6.07, 6.45) is 0. The molecule has 0 aliphatic heterocycles. The van der Waals surface area contributed by atoms with Gasteiger partial charge in [-0.3, -0.25) is 0 Å². The molecular formula is C16H19N. The molecule has 0 spiro atoms. The fourth-order valence-electron chi connectivity index (χ4n) is 3.32. The normalized spacial score (nSPS) is 26.1. The second-order valence-electron chi connectivity index (χ2n) is 5.71. The van der Waals surface area contributed by atoms with E-state index in [1.807, 2.05) is 0 Å². The lowest BCUT2D eigenvalue weighted by Gasteiger charge is -2.07. The molecule has 1 saturated carbocycles. The molecule has 2 atom stereocenters. The van der Waals surface area contributed by atoms with Crippen molar-refractivity contribution in [3.05, 3.63) is 48.0 Å². The highest BCUT2D eigenvalue weighted by molar-refractivity contribution is 5.86. The zero-order valence-electron chi connectivity index (χ0n) is 10.5. The van der Waals surface area contributed by atoms with Crippen LogP contribution in [0.25, 0.3) is 10.8 Å². The summed E-state index contributed by atoms with van der Waals surface area (Å²) in [6, 6.07) is 15.3. The molecule has 2 aromatic rings. The van der Waals surface area contributed by atoms with E-state index in [1.54, 1.807) is 0 Å². The summed E-state index contributed by atoms with van der Waals surface area (Å²) in [4.78, 5) is 0. The first-order valence-electron chi connectivity index (χ1n) is 6.34. The van der Waals surface area contributed by atoms with Gasteiger partial charge in [-0.25, -0.2) is 0 Å². The Morgan fingerprint density at radius 2 is 1.76 bits per heavy atom. The van der Waals surface area contributed by atoms with Gasteiger partial charge < -0.3 is 5.73 Å². The molecule has 0 amide bonds. The number of fused-ring (bicyclic) bond motifs is 1.